The van der Waals surface area contributed by atoms with Gasteiger partial charge in [0, 0.05) is 36.8 Å². The quantitative estimate of drug-likeness (QED) is 0.550. The van der Waals surface area contributed by atoms with Gasteiger partial charge in [0.15, 0.2) is 0 Å². The number of hydrogen-bond donors (Lipinski definition) is 2. The molecule has 3 aromatic rings. The summed E-state index contributed by atoms with van der Waals surface area (Å²) in [7, 11) is 0. The third-order valence-electron chi connectivity index (χ3n) is 5.33. The molecule has 4 rings (SSSR count). The van der Waals surface area contributed by atoms with E-state index in [1.165, 1.54) is 6.33 Å². The molecule has 1 aliphatic heterocycles. The molecule has 0 unspecified atom stereocenters. The SMILES string of the molecule is O=C(NCCO)c1cccc2c1CCN2c1cc(Cc2cc(F)cc(C(F)(F)F)c2)ncn1. The normalized spacial score (nSPS) is 13.2. The Kier molecular flexibility index (Phi) is 6.28. The predicted molar refractivity (Wildman–Crippen MR) is 113 cm³/mol. The topological polar surface area (TPSA) is 78.4 Å². The summed E-state index contributed by atoms with van der Waals surface area (Å²) in [4.78, 5) is 22.7. The summed E-state index contributed by atoms with van der Waals surface area (Å²) in [6.45, 7) is 0.540. The lowest BCUT2D eigenvalue weighted by Crippen LogP contribution is -2.27. The van der Waals surface area contributed by atoms with Crippen molar-refractivity contribution in [3.05, 3.63) is 82.6 Å². The Labute approximate surface area is 186 Å². The largest absolute Gasteiger partial charge is 0.416 e. The van der Waals surface area contributed by atoms with E-state index in [0.29, 0.717) is 36.1 Å². The molecule has 2 N–H and O–H groups in total. The highest BCUT2D eigenvalue weighted by atomic mass is 19.4. The Hall–Kier alpha value is -3.53. The van der Waals surface area contributed by atoms with Crippen LogP contribution < -0.4 is 10.2 Å². The van der Waals surface area contributed by atoms with Crippen molar-refractivity contribution in [3.8, 4) is 0 Å². The molecule has 1 aromatic heterocycles. The number of anilines is 2. The van der Waals surface area contributed by atoms with Crippen molar-refractivity contribution < 1.29 is 27.5 Å². The van der Waals surface area contributed by atoms with E-state index in [9.17, 15) is 22.4 Å². The van der Waals surface area contributed by atoms with E-state index < -0.39 is 17.6 Å². The molecule has 0 fully saturated rings. The number of alkyl halides is 3. The van der Waals surface area contributed by atoms with Crippen LogP contribution in [0.15, 0.2) is 48.8 Å². The average molecular weight is 460 g/mol. The highest BCUT2D eigenvalue weighted by molar-refractivity contribution is 5.98. The van der Waals surface area contributed by atoms with Crippen LogP contribution in [0.3, 0.4) is 0 Å². The summed E-state index contributed by atoms with van der Waals surface area (Å²) < 4.78 is 52.8. The Morgan fingerprint density at radius 2 is 1.97 bits per heavy atom. The van der Waals surface area contributed by atoms with Gasteiger partial charge in [0.1, 0.15) is 18.0 Å². The predicted octanol–water partition coefficient (Wildman–Crippen LogP) is 3.64. The van der Waals surface area contributed by atoms with Crippen molar-refractivity contribution in [2.75, 3.05) is 24.6 Å². The minimum absolute atomic E-state index is 0.000657. The van der Waals surface area contributed by atoms with Crippen molar-refractivity contribution in [1.82, 2.24) is 15.3 Å². The van der Waals surface area contributed by atoms with Gasteiger partial charge >= 0.3 is 6.18 Å². The van der Waals surface area contributed by atoms with Crippen LogP contribution in [0.25, 0.3) is 0 Å². The first-order chi connectivity index (χ1) is 15.8. The second-order valence-electron chi connectivity index (χ2n) is 7.57. The van der Waals surface area contributed by atoms with Crippen molar-refractivity contribution in [3.63, 3.8) is 0 Å². The van der Waals surface area contributed by atoms with Gasteiger partial charge in [-0.05, 0) is 47.9 Å². The first-order valence-corrected chi connectivity index (χ1v) is 10.2. The van der Waals surface area contributed by atoms with Crippen LogP contribution in [-0.4, -0.2) is 40.7 Å². The molecule has 10 heteroatoms. The van der Waals surface area contributed by atoms with Crippen LogP contribution in [0.1, 0.15) is 32.7 Å². The molecular weight excluding hydrogens is 440 g/mol. The highest BCUT2D eigenvalue weighted by Crippen LogP contribution is 2.36. The second kappa shape index (κ2) is 9.14. The third kappa shape index (κ3) is 4.95. The van der Waals surface area contributed by atoms with E-state index in [2.05, 4.69) is 15.3 Å². The lowest BCUT2D eigenvalue weighted by Gasteiger charge is -2.19. The van der Waals surface area contributed by atoms with Gasteiger partial charge in [-0.3, -0.25) is 4.79 Å². The Morgan fingerprint density at radius 3 is 2.73 bits per heavy atom. The van der Waals surface area contributed by atoms with Gasteiger partial charge in [0.25, 0.3) is 5.91 Å². The lowest BCUT2D eigenvalue weighted by molar-refractivity contribution is -0.137. The molecule has 0 radical (unpaired) electrons. The summed E-state index contributed by atoms with van der Waals surface area (Å²) in [5, 5.41) is 11.6. The summed E-state index contributed by atoms with van der Waals surface area (Å²) in [6, 6.07) is 9.39. The fourth-order valence-electron chi connectivity index (χ4n) is 3.90. The number of aliphatic hydroxyl groups is 1. The molecule has 1 amide bonds. The van der Waals surface area contributed by atoms with E-state index in [1.54, 1.807) is 18.2 Å². The third-order valence-corrected chi connectivity index (χ3v) is 5.33. The number of rotatable bonds is 6. The molecule has 0 aliphatic carbocycles. The number of carbonyl (C=O) groups excluding carboxylic acids is 1. The zero-order chi connectivity index (χ0) is 23.6. The van der Waals surface area contributed by atoms with Gasteiger partial charge in [0.2, 0.25) is 0 Å². The van der Waals surface area contributed by atoms with Gasteiger partial charge in [0.05, 0.1) is 17.9 Å². The van der Waals surface area contributed by atoms with Gasteiger partial charge in [-0.2, -0.15) is 13.2 Å². The smallest absolute Gasteiger partial charge is 0.395 e. The summed E-state index contributed by atoms with van der Waals surface area (Å²) >= 11 is 0. The van der Waals surface area contributed by atoms with Crippen molar-refractivity contribution in [2.45, 2.75) is 19.0 Å². The Morgan fingerprint density at radius 1 is 1.15 bits per heavy atom. The molecule has 0 bridgehead atoms. The van der Waals surface area contributed by atoms with Crippen LogP contribution in [0, 0.1) is 5.82 Å². The minimum Gasteiger partial charge on any atom is -0.395 e. The van der Waals surface area contributed by atoms with Crippen molar-refractivity contribution >= 4 is 17.4 Å². The van der Waals surface area contributed by atoms with Crippen LogP contribution in [0.5, 0.6) is 0 Å². The number of nitrogens with zero attached hydrogens (tertiary/aromatic N) is 3. The molecule has 0 saturated carbocycles. The number of nitrogens with one attached hydrogen (secondary N) is 1. The second-order valence-corrected chi connectivity index (χ2v) is 7.57. The number of aliphatic hydroxyl groups excluding tert-OH is 1. The van der Waals surface area contributed by atoms with Gasteiger partial charge in [-0.1, -0.05) is 6.07 Å². The molecule has 0 saturated heterocycles. The van der Waals surface area contributed by atoms with E-state index in [4.69, 9.17) is 5.11 Å². The number of amides is 1. The molecule has 2 heterocycles. The fraction of sp³-hybridized carbons (Fsp3) is 0.261. The average Bonchev–Trinajstić information content (AvgIpc) is 3.21. The van der Waals surface area contributed by atoms with Crippen LogP contribution in [0.4, 0.5) is 29.1 Å². The Bertz CT molecular complexity index is 1180. The monoisotopic (exact) mass is 460 g/mol. The standard InChI is InChI=1S/C23H20F4N4O2/c24-16-9-14(8-15(11-16)23(25,26)27)10-17-12-21(30-13-29-17)31-6-4-18-19(2-1-3-20(18)31)22(33)28-5-7-32/h1-3,8-9,11-13,32H,4-7,10H2,(H,28,33). The highest BCUT2D eigenvalue weighted by Gasteiger charge is 2.31. The summed E-state index contributed by atoms with van der Waals surface area (Å²) in [5.41, 5.74) is 1.68. The number of carbonyl (C=O) groups is 1. The van der Waals surface area contributed by atoms with Crippen LogP contribution in [0.2, 0.25) is 0 Å². The van der Waals surface area contributed by atoms with Crippen LogP contribution in [-0.2, 0) is 19.0 Å². The number of benzene rings is 2. The minimum atomic E-state index is -4.64. The maximum Gasteiger partial charge on any atom is 0.416 e. The molecule has 1 aliphatic rings. The van der Waals surface area contributed by atoms with Crippen LogP contribution >= 0.6 is 0 Å². The molecule has 0 spiro atoms. The fourth-order valence-corrected chi connectivity index (χ4v) is 3.90. The molecule has 33 heavy (non-hydrogen) atoms. The Balaban J connectivity index is 1.60. The number of fused-ring (bicyclic) bond motifs is 1. The zero-order valence-corrected chi connectivity index (χ0v) is 17.4. The van der Waals surface area contributed by atoms with E-state index in [-0.39, 0.29) is 31.0 Å². The molecule has 2 aromatic carbocycles. The van der Waals surface area contributed by atoms with Crippen molar-refractivity contribution in [2.24, 2.45) is 0 Å². The maximum atomic E-state index is 13.7. The first-order valence-electron chi connectivity index (χ1n) is 10.2. The van der Waals surface area contributed by atoms with Gasteiger partial charge < -0.3 is 15.3 Å². The maximum absolute atomic E-state index is 13.7. The van der Waals surface area contributed by atoms with E-state index in [1.807, 2.05) is 11.0 Å². The van der Waals surface area contributed by atoms with Gasteiger partial charge in [-0.25, -0.2) is 14.4 Å². The van der Waals surface area contributed by atoms with E-state index >= 15 is 0 Å². The lowest BCUT2D eigenvalue weighted by atomic mass is 10.0. The first kappa shape index (κ1) is 22.7. The summed E-state index contributed by atoms with van der Waals surface area (Å²) in [5.74, 6) is -0.716. The zero-order valence-electron chi connectivity index (χ0n) is 17.4. The molecule has 6 nitrogen and oxygen atoms in total. The van der Waals surface area contributed by atoms with Gasteiger partial charge in [-0.15, -0.1) is 0 Å². The summed E-state index contributed by atoms with van der Waals surface area (Å²) in [6.07, 6.45) is -2.74. The number of hydrogen-bond acceptors (Lipinski definition) is 5. The van der Waals surface area contributed by atoms with Crippen molar-refractivity contribution in [1.29, 1.82) is 0 Å². The van der Waals surface area contributed by atoms with E-state index in [0.717, 1.165) is 23.4 Å². The molecule has 172 valence electrons. The molecular formula is C23H20F4N4O2. The number of halogens is 4. The number of aromatic nitrogens is 2. The molecule has 0 atom stereocenters.